The second-order valence-electron chi connectivity index (χ2n) is 4.07. The molecule has 0 fully saturated rings. The van der Waals surface area contributed by atoms with Crippen molar-refractivity contribution in [2.45, 2.75) is 32.6 Å². The summed E-state index contributed by atoms with van der Waals surface area (Å²) in [6, 6.07) is 2.32. The van der Waals surface area contributed by atoms with Crippen LogP contribution in [0.4, 0.5) is 8.78 Å². The smallest absolute Gasteiger partial charge is 0.150 e. The van der Waals surface area contributed by atoms with Crippen LogP contribution in [0.1, 0.15) is 38.2 Å². The third kappa shape index (κ3) is 1.70. The van der Waals surface area contributed by atoms with Crippen LogP contribution in [0.2, 0.25) is 0 Å². The lowest BCUT2D eigenvalue weighted by Crippen LogP contribution is -1.94. The molecule has 1 N–H and O–H groups in total. The highest BCUT2D eigenvalue weighted by atomic mass is 19.1. The summed E-state index contributed by atoms with van der Waals surface area (Å²) in [6.07, 6.45) is 3.74. The first-order chi connectivity index (χ1) is 7.67. The molecule has 0 aliphatic carbocycles. The van der Waals surface area contributed by atoms with Gasteiger partial charge >= 0.3 is 0 Å². The number of benzene rings is 1. The zero-order valence-electron chi connectivity index (χ0n) is 9.48. The second kappa shape index (κ2) is 4.24. The highest BCUT2D eigenvalue weighted by molar-refractivity contribution is 5.84. The van der Waals surface area contributed by atoms with Gasteiger partial charge in [0.25, 0.3) is 0 Å². The molecule has 0 amide bonds. The van der Waals surface area contributed by atoms with Crippen molar-refractivity contribution in [1.82, 2.24) is 4.98 Å². The first kappa shape index (κ1) is 11.1. The summed E-state index contributed by atoms with van der Waals surface area (Å²) in [7, 11) is 0. The molecule has 86 valence electrons. The van der Waals surface area contributed by atoms with Gasteiger partial charge in [-0.05, 0) is 30.4 Å². The highest BCUT2D eigenvalue weighted by Crippen LogP contribution is 2.31. The Morgan fingerprint density at radius 1 is 1.19 bits per heavy atom. The molecule has 0 aliphatic rings. The zero-order valence-corrected chi connectivity index (χ0v) is 9.48. The number of H-pyrrole nitrogens is 1. The van der Waals surface area contributed by atoms with Gasteiger partial charge in [0.15, 0.2) is 0 Å². The van der Waals surface area contributed by atoms with E-state index in [-0.39, 0.29) is 0 Å². The summed E-state index contributed by atoms with van der Waals surface area (Å²) < 4.78 is 26.6. The number of hydrogen-bond acceptors (Lipinski definition) is 0. The van der Waals surface area contributed by atoms with Gasteiger partial charge in [-0.25, -0.2) is 8.78 Å². The summed E-state index contributed by atoms with van der Waals surface area (Å²) in [5.41, 5.74) is 1.42. The highest BCUT2D eigenvalue weighted by Gasteiger charge is 2.15. The minimum Gasteiger partial charge on any atom is -0.359 e. The zero-order chi connectivity index (χ0) is 11.7. The molecule has 1 heterocycles. The van der Waals surface area contributed by atoms with E-state index < -0.39 is 11.6 Å². The molecule has 0 saturated heterocycles. The van der Waals surface area contributed by atoms with Crippen LogP contribution in [-0.2, 0) is 0 Å². The van der Waals surface area contributed by atoms with Gasteiger partial charge in [0.2, 0.25) is 0 Å². The van der Waals surface area contributed by atoms with Gasteiger partial charge in [0.05, 0.1) is 5.52 Å². The van der Waals surface area contributed by atoms with E-state index >= 15 is 0 Å². The summed E-state index contributed by atoms with van der Waals surface area (Å²) in [4.78, 5) is 2.89. The molecule has 0 spiro atoms. The second-order valence-corrected chi connectivity index (χ2v) is 4.07. The maximum Gasteiger partial charge on any atom is 0.150 e. The number of fused-ring (bicyclic) bond motifs is 1. The molecule has 2 rings (SSSR count). The normalized spacial score (nSPS) is 11.6. The van der Waals surface area contributed by atoms with E-state index in [2.05, 4.69) is 18.8 Å². The van der Waals surface area contributed by atoms with E-state index in [1.807, 2.05) is 0 Å². The van der Waals surface area contributed by atoms with Crippen molar-refractivity contribution in [2.75, 3.05) is 0 Å². The van der Waals surface area contributed by atoms with Crippen molar-refractivity contribution < 1.29 is 8.78 Å². The maximum atomic E-state index is 13.5. The Morgan fingerprint density at radius 2 is 1.88 bits per heavy atom. The van der Waals surface area contributed by atoms with Gasteiger partial charge in [-0.15, -0.1) is 0 Å². The molecule has 1 aromatic carbocycles. The maximum absolute atomic E-state index is 13.5. The molecule has 2 aromatic rings. The first-order valence-electron chi connectivity index (χ1n) is 5.63. The van der Waals surface area contributed by atoms with Crippen molar-refractivity contribution in [1.29, 1.82) is 0 Å². The average molecular weight is 223 g/mol. The SMILES string of the molecule is CCC(CC)c1c[nH]c2c(F)cc(F)cc12. The van der Waals surface area contributed by atoms with E-state index in [4.69, 9.17) is 0 Å². The lowest BCUT2D eigenvalue weighted by Gasteiger charge is -2.10. The van der Waals surface area contributed by atoms with Crippen LogP contribution in [0.15, 0.2) is 18.3 Å². The lowest BCUT2D eigenvalue weighted by atomic mass is 9.94. The summed E-state index contributed by atoms with van der Waals surface area (Å²) in [6.45, 7) is 4.17. The molecule has 1 aromatic heterocycles. The van der Waals surface area contributed by atoms with Gasteiger partial charge in [0.1, 0.15) is 11.6 Å². The fourth-order valence-corrected chi connectivity index (χ4v) is 2.24. The topological polar surface area (TPSA) is 15.8 Å². The van der Waals surface area contributed by atoms with Crippen LogP contribution >= 0.6 is 0 Å². The van der Waals surface area contributed by atoms with Crippen LogP contribution in [0, 0.1) is 11.6 Å². The number of aromatic nitrogens is 1. The monoisotopic (exact) mass is 223 g/mol. The van der Waals surface area contributed by atoms with Crippen LogP contribution in [-0.4, -0.2) is 4.98 Å². The molecular formula is C13H15F2N. The van der Waals surface area contributed by atoms with E-state index in [0.29, 0.717) is 16.8 Å². The Hall–Kier alpha value is -1.38. The predicted octanol–water partition coefficient (Wildman–Crippen LogP) is 4.35. The Labute approximate surface area is 93.5 Å². The van der Waals surface area contributed by atoms with Crippen LogP contribution in [0.25, 0.3) is 10.9 Å². The molecule has 16 heavy (non-hydrogen) atoms. The molecule has 0 unspecified atom stereocenters. The van der Waals surface area contributed by atoms with Crippen LogP contribution in [0.3, 0.4) is 0 Å². The molecule has 0 aliphatic heterocycles. The van der Waals surface area contributed by atoms with Crippen molar-refractivity contribution in [3.05, 3.63) is 35.5 Å². The Kier molecular flexibility index (Phi) is 2.95. The minimum absolute atomic E-state index is 0.356. The molecule has 1 nitrogen and oxygen atoms in total. The quantitative estimate of drug-likeness (QED) is 0.796. The average Bonchev–Trinajstić information content (AvgIpc) is 2.64. The lowest BCUT2D eigenvalue weighted by molar-refractivity contribution is 0.590. The number of hydrogen-bond donors (Lipinski definition) is 1. The van der Waals surface area contributed by atoms with E-state index in [1.165, 1.54) is 6.07 Å². The standard InChI is InChI=1S/C13H15F2N/c1-3-8(4-2)11-7-16-13-10(11)5-9(14)6-12(13)15/h5-8,16H,3-4H2,1-2H3. The van der Waals surface area contributed by atoms with E-state index in [1.54, 1.807) is 6.20 Å². The van der Waals surface area contributed by atoms with Crippen molar-refractivity contribution in [2.24, 2.45) is 0 Å². The van der Waals surface area contributed by atoms with Gasteiger partial charge in [-0.1, -0.05) is 13.8 Å². The summed E-state index contributed by atoms with van der Waals surface area (Å²) in [5, 5.41) is 0.672. The van der Waals surface area contributed by atoms with Gasteiger partial charge in [-0.2, -0.15) is 0 Å². The first-order valence-corrected chi connectivity index (χ1v) is 5.63. The number of halogens is 2. The Balaban J connectivity index is 2.63. The van der Waals surface area contributed by atoms with Crippen LogP contribution in [0.5, 0.6) is 0 Å². The molecule has 0 saturated carbocycles. The van der Waals surface area contributed by atoms with E-state index in [0.717, 1.165) is 24.5 Å². The summed E-state index contributed by atoms with van der Waals surface area (Å²) >= 11 is 0. The van der Waals surface area contributed by atoms with Crippen molar-refractivity contribution >= 4 is 10.9 Å². The van der Waals surface area contributed by atoms with Crippen molar-refractivity contribution in [3.8, 4) is 0 Å². The third-order valence-electron chi connectivity index (χ3n) is 3.16. The van der Waals surface area contributed by atoms with Gasteiger partial charge in [0, 0.05) is 17.6 Å². The fourth-order valence-electron chi connectivity index (χ4n) is 2.24. The van der Waals surface area contributed by atoms with Crippen LogP contribution < -0.4 is 0 Å². The minimum atomic E-state index is -0.521. The molecule has 3 heteroatoms. The van der Waals surface area contributed by atoms with Gasteiger partial charge < -0.3 is 4.98 Å². The molecule has 0 bridgehead atoms. The van der Waals surface area contributed by atoms with Gasteiger partial charge in [-0.3, -0.25) is 0 Å². The summed E-state index contributed by atoms with van der Waals surface area (Å²) in [5.74, 6) is -0.682. The largest absolute Gasteiger partial charge is 0.359 e. The third-order valence-corrected chi connectivity index (χ3v) is 3.16. The number of rotatable bonds is 3. The molecule has 0 radical (unpaired) electrons. The molecule has 0 atom stereocenters. The number of aromatic amines is 1. The molecular weight excluding hydrogens is 208 g/mol. The Morgan fingerprint density at radius 3 is 2.50 bits per heavy atom. The van der Waals surface area contributed by atoms with Crippen molar-refractivity contribution in [3.63, 3.8) is 0 Å². The Bertz CT molecular complexity index is 498. The predicted molar refractivity (Wildman–Crippen MR) is 61.5 cm³/mol. The van der Waals surface area contributed by atoms with E-state index in [9.17, 15) is 8.78 Å². The fraction of sp³-hybridized carbons (Fsp3) is 0.385. The number of nitrogens with one attached hydrogen (secondary N) is 1.